The van der Waals surface area contributed by atoms with Gasteiger partial charge < -0.3 is 20.1 Å². The Balaban J connectivity index is 2.12. The molecular formula is C13H15BrN2O4. The maximum atomic E-state index is 12.1. The Hall–Kier alpha value is -1.60. The molecule has 0 radical (unpaired) electrons. The molecular weight excluding hydrogens is 328 g/mol. The van der Waals surface area contributed by atoms with Crippen LogP contribution in [0.15, 0.2) is 28.7 Å². The molecule has 7 heteroatoms. The summed E-state index contributed by atoms with van der Waals surface area (Å²) in [6.45, 7) is 1.88. The number of benzene rings is 1. The van der Waals surface area contributed by atoms with Crippen molar-refractivity contribution in [3.63, 3.8) is 0 Å². The van der Waals surface area contributed by atoms with Gasteiger partial charge in [0.2, 0.25) is 0 Å². The van der Waals surface area contributed by atoms with E-state index in [1.807, 2.05) is 0 Å². The summed E-state index contributed by atoms with van der Waals surface area (Å²) >= 11 is 3.30. The van der Waals surface area contributed by atoms with Gasteiger partial charge in [0, 0.05) is 17.6 Å². The molecule has 1 aliphatic heterocycles. The van der Waals surface area contributed by atoms with Crippen LogP contribution in [0.25, 0.3) is 0 Å². The van der Waals surface area contributed by atoms with E-state index in [0.717, 1.165) is 0 Å². The summed E-state index contributed by atoms with van der Waals surface area (Å²) in [5.41, 5.74) is 0.515. The number of carbonyl (C=O) groups is 2. The SMILES string of the molecule is O=C(O)C(NC(=O)N1CCOCC1)c1ccccc1Br. The van der Waals surface area contributed by atoms with Gasteiger partial charge in [-0.25, -0.2) is 9.59 Å². The van der Waals surface area contributed by atoms with Gasteiger partial charge in [-0.3, -0.25) is 0 Å². The fourth-order valence-electron chi connectivity index (χ4n) is 1.96. The van der Waals surface area contributed by atoms with Gasteiger partial charge in [-0.05, 0) is 11.6 Å². The van der Waals surface area contributed by atoms with Crippen LogP contribution < -0.4 is 5.32 Å². The van der Waals surface area contributed by atoms with Crippen molar-refractivity contribution >= 4 is 27.9 Å². The summed E-state index contributed by atoms with van der Waals surface area (Å²) < 4.78 is 5.81. The van der Waals surface area contributed by atoms with Gasteiger partial charge in [0.25, 0.3) is 0 Å². The number of rotatable bonds is 3. The quantitative estimate of drug-likeness (QED) is 0.874. The molecule has 2 N–H and O–H groups in total. The van der Waals surface area contributed by atoms with Gasteiger partial charge in [-0.15, -0.1) is 0 Å². The van der Waals surface area contributed by atoms with E-state index in [1.54, 1.807) is 29.2 Å². The van der Waals surface area contributed by atoms with Crippen LogP contribution in [0.3, 0.4) is 0 Å². The van der Waals surface area contributed by atoms with Crippen molar-refractivity contribution < 1.29 is 19.4 Å². The number of carboxylic acid groups (broad SMARTS) is 1. The summed E-state index contributed by atoms with van der Waals surface area (Å²) in [6.07, 6.45) is 0. The van der Waals surface area contributed by atoms with Crippen LogP contribution in [0, 0.1) is 0 Å². The van der Waals surface area contributed by atoms with Crippen molar-refractivity contribution in [2.24, 2.45) is 0 Å². The summed E-state index contributed by atoms with van der Waals surface area (Å²) in [4.78, 5) is 25.0. The Morgan fingerprint density at radius 3 is 2.55 bits per heavy atom. The first-order chi connectivity index (χ1) is 9.59. The molecule has 0 saturated carbocycles. The monoisotopic (exact) mass is 342 g/mol. The highest BCUT2D eigenvalue weighted by atomic mass is 79.9. The second kappa shape index (κ2) is 6.71. The van der Waals surface area contributed by atoms with E-state index >= 15 is 0 Å². The summed E-state index contributed by atoms with van der Waals surface area (Å²) in [6, 6.07) is 5.46. The number of carboxylic acids is 1. The van der Waals surface area contributed by atoms with Gasteiger partial charge in [-0.2, -0.15) is 0 Å². The first-order valence-corrected chi connectivity index (χ1v) is 6.99. The van der Waals surface area contributed by atoms with E-state index < -0.39 is 18.0 Å². The number of hydrogen-bond acceptors (Lipinski definition) is 3. The zero-order valence-corrected chi connectivity index (χ0v) is 12.3. The fourth-order valence-corrected chi connectivity index (χ4v) is 2.48. The molecule has 2 rings (SSSR count). The van der Waals surface area contributed by atoms with Gasteiger partial charge in [0.1, 0.15) is 0 Å². The van der Waals surface area contributed by atoms with Crippen molar-refractivity contribution in [3.8, 4) is 0 Å². The van der Waals surface area contributed by atoms with Gasteiger partial charge in [0.15, 0.2) is 6.04 Å². The molecule has 2 amide bonds. The van der Waals surface area contributed by atoms with Crippen molar-refractivity contribution in [2.45, 2.75) is 6.04 Å². The largest absolute Gasteiger partial charge is 0.479 e. The molecule has 0 aliphatic carbocycles. The third kappa shape index (κ3) is 3.49. The molecule has 1 aromatic rings. The molecule has 108 valence electrons. The summed E-state index contributed by atoms with van der Waals surface area (Å²) in [5, 5.41) is 11.9. The molecule has 1 atom stereocenters. The molecule has 1 unspecified atom stereocenters. The minimum atomic E-state index is -1.10. The number of morpholine rings is 1. The Kier molecular flexibility index (Phi) is 4.97. The Labute approximate surface area is 124 Å². The van der Waals surface area contributed by atoms with Crippen LogP contribution in [0.5, 0.6) is 0 Å². The topological polar surface area (TPSA) is 78.9 Å². The fraction of sp³-hybridized carbons (Fsp3) is 0.385. The Morgan fingerprint density at radius 1 is 1.30 bits per heavy atom. The Bertz CT molecular complexity index is 503. The molecule has 0 spiro atoms. The van der Waals surface area contributed by atoms with Gasteiger partial charge in [0.05, 0.1) is 13.2 Å². The highest BCUT2D eigenvalue weighted by Gasteiger charge is 2.26. The van der Waals surface area contributed by atoms with Crippen LogP contribution in [-0.4, -0.2) is 48.3 Å². The molecule has 0 bridgehead atoms. The maximum absolute atomic E-state index is 12.1. The number of carbonyl (C=O) groups excluding carboxylic acids is 1. The number of urea groups is 1. The van der Waals surface area contributed by atoms with Gasteiger partial charge >= 0.3 is 12.0 Å². The minimum Gasteiger partial charge on any atom is -0.479 e. The molecule has 1 saturated heterocycles. The Morgan fingerprint density at radius 2 is 1.95 bits per heavy atom. The zero-order valence-electron chi connectivity index (χ0n) is 10.7. The number of nitrogens with one attached hydrogen (secondary N) is 1. The number of hydrogen-bond donors (Lipinski definition) is 2. The molecule has 1 fully saturated rings. The molecule has 1 heterocycles. The van der Waals surface area contributed by atoms with Crippen LogP contribution in [0.2, 0.25) is 0 Å². The number of nitrogens with zero attached hydrogens (tertiary/aromatic N) is 1. The van der Waals surface area contributed by atoms with Crippen LogP contribution >= 0.6 is 15.9 Å². The number of halogens is 1. The maximum Gasteiger partial charge on any atom is 0.331 e. The molecule has 1 aromatic carbocycles. The van der Waals surface area contributed by atoms with Crippen LogP contribution in [-0.2, 0) is 9.53 Å². The second-order valence-electron chi connectivity index (χ2n) is 4.34. The normalized spacial score (nSPS) is 16.6. The standard InChI is InChI=1S/C13H15BrN2O4/c14-10-4-2-1-3-9(10)11(12(17)18)15-13(19)16-5-7-20-8-6-16/h1-4,11H,5-8H2,(H,15,19)(H,17,18). The van der Waals surface area contributed by atoms with E-state index in [1.165, 1.54) is 0 Å². The third-order valence-electron chi connectivity index (χ3n) is 3.03. The lowest BCUT2D eigenvalue weighted by atomic mass is 10.1. The highest BCUT2D eigenvalue weighted by molar-refractivity contribution is 9.10. The first-order valence-electron chi connectivity index (χ1n) is 6.20. The first kappa shape index (κ1) is 14.8. The number of amides is 2. The lowest BCUT2D eigenvalue weighted by molar-refractivity contribution is -0.139. The lowest BCUT2D eigenvalue weighted by Gasteiger charge is -2.28. The molecule has 0 aromatic heterocycles. The third-order valence-corrected chi connectivity index (χ3v) is 3.75. The summed E-state index contributed by atoms with van der Waals surface area (Å²) in [5.74, 6) is -1.10. The second-order valence-corrected chi connectivity index (χ2v) is 5.20. The molecule has 1 aliphatic rings. The summed E-state index contributed by atoms with van der Waals surface area (Å²) in [7, 11) is 0. The van der Waals surface area contributed by atoms with E-state index in [9.17, 15) is 14.7 Å². The lowest BCUT2D eigenvalue weighted by Crippen LogP contribution is -2.48. The average Bonchev–Trinajstić information content (AvgIpc) is 2.46. The minimum absolute atomic E-state index is 0.392. The zero-order chi connectivity index (χ0) is 14.5. The van der Waals surface area contributed by atoms with Crippen molar-refractivity contribution in [1.29, 1.82) is 0 Å². The molecule has 6 nitrogen and oxygen atoms in total. The predicted octanol–water partition coefficient (Wildman–Crippen LogP) is 1.62. The van der Waals surface area contributed by atoms with Crippen molar-refractivity contribution in [2.75, 3.05) is 26.3 Å². The van der Waals surface area contributed by atoms with E-state index in [2.05, 4.69) is 21.2 Å². The van der Waals surface area contributed by atoms with Crippen LogP contribution in [0.1, 0.15) is 11.6 Å². The number of aliphatic carboxylic acids is 1. The van der Waals surface area contributed by atoms with Gasteiger partial charge in [-0.1, -0.05) is 34.1 Å². The molecule has 20 heavy (non-hydrogen) atoms. The van der Waals surface area contributed by atoms with E-state index in [4.69, 9.17) is 4.74 Å². The van der Waals surface area contributed by atoms with E-state index in [0.29, 0.717) is 36.3 Å². The van der Waals surface area contributed by atoms with Crippen molar-refractivity contribution in [3.05, 3.63) is 34.3 Å². The average molecular weight is 343 g/mol. The highest BCUT2D eigenvalue weighted by Crippen LogP contribution is 2.23. The van der Waals surface area contributed by atoms with Crippen molar-refractivity contribution in [1.82, 2.24) is 10.2 Å². The smallest absolute Gasteiger partial charge is 0.331 e. The predicted molar refractivity (Wildman–Crippen MR) is 75.4 cm³/mol. The number of ether oxygens (including phenoxy) is 1. The van der Waals surface area contributed by atoms with Crippen LogP contribution in [0.4, 0.5) is 4.79 Å². The van der Waals surface area contributed by atoms with E-state index in [-0.39, 0.29) is 0 Å².